The molecule has 2 rings (SSSR count). The van der Waals surface area contributed by atoms with E-state index in [-0.39, 0.29) is 16.8 Å². The first-order valence-corrected chi connectivity index (χ1v) is 6.26. The number of urea groups is 1. The minimum absolute atomic E-state index is 0.0486. The average molecular weight is 309 g/mol. The summed E-state index contributed by atoms with van der Waals surface area (Å²) >= 11 is 5.55. The zero-order valence-electron chi connectivity index (χ0n) is 10.3. The van der Waals surface area contributed by atoms with Gasteiger partial charge < -0.3 is 15.4 Å². The van der Waals surface area contributed by atoms with Crippen LogP contribution in [0.15, 0.2) is 18.2 Å². The third-order valence-electron chi connectivity index (χ3n) is 2.80. The van der Waals surface area contributed by atoms with Gasteiger partial charge in [-0.1, -0.05) is 11.6 Å². The van der Waals surface area contributed by atoms with Crippen LogP contribution in [-0.2, 0) is 10.9 Å². The maximum atomic E-state index is 12.8. The molecule has 1 unspecified atom stereocenters. The van der Waals surface area contributed by atoms with Crippen molar-refractivity contribution in [2.75, 3.05) is 18.5 Å². The van der Waals surface area contributed by atoms with Gasteiger partial charge in [-0.3, -0.25) is 0 Å². The van der Waals surface area contributed by atoms with E-state index in [1.54, 1.807) is 0 Å². The highest BCUT2D eigenvalue weighted by Gasteiger charge is 2.34. The van der Waals surface area contributed by atoms with Crippen LogP contribution in [0, 0.1) is 0 Å². The zero-order chi connectivity index (χ0) is 14.8. The smallest absolute Gasteiger partial charge is 0.379 e. The van der Waals surface area contributed by atoms with E-state index in [0.717, 1.165) is 12.1 Å². The number of carbonyl (C=O) groups is 1. The lowest BCUT2D eigenvalue weighted by Gasteiger charge is -2.16. The lowest BCUT2D eigenvalue weighted by Crippen LogP contribution is -2.38. The van der Waals surface area contributed by atoms with Crippen molar-refractivity contribution in [3.8, 4) is 0 Å². The van der Waals surface area contributed by atoms with E-state index >= 15 is 0 Å². The third kappa shape index (κ3) is 3.77. The van der Waals surface area contributed by atoms with Gasteiger partial charge in [0.1, 0.15) is 0 Å². The van der Waals surface area contributed by atoms with E-state index in [2.05, 4.69) is 10.6 Å². The van der Waals surface area contributed by atoms with E-state index in [0.29, 0.717) is 19.6 Å². The van der Waals surface area contributed by atoms with Crippen molar-refractivity contribution in [3.05, 3.63) is 28.8 Å². The summed E-state index contributed by atoms with van der Waals surface area (Å²) in [6, 6.07) is 2.29. The summed E-state index contributed by atoms with van der Waals surface area (Å²) in [6.07, 6.45) is -3.95. The predicted molar refractivity (Wildman–Crippen MR) is 67.8 cm³/mol. The van der Waals surface area contributed by atoms with Crippen molar-refractivity contribution in [2.24, 2.45) is 0 Å². The van der Waals surface area contributed by atoms with Crippen LogP contribution in [0.1, 0.15) is 12.0 Å². The summed E-state index contributed by atoms with van der Waals surface area (Å²) < 4.78 is 43.6. The molecule has 1 aliphatic heterocycles. The number of nitrogens with one attached hydrogen (secondary N) is 2. The highest BCUT2D eigenvalue weighted by Crippen LogP contribution is 2.36. The van der Waals surface area contributed by atoms with Crippen LogP contribution in [0.3, 0.4) is 0 Å². The van der Waals surface area contributed by atoms with Crippen molar-refractivity contribution >= 4 is 23.3 Å². The van der Waals surface area contributed by atoms with E-state index in [4.69, 9.17) is 16.3 Å². The molecule has 1 heterocycles. The quantitative estimate of drug-likeness (QED) is 0.881. The number of halogens is 4. The normalized spacial score (nSPS) is 18.9. The van der Waals surface area contributed by atoms with Crippen LogP contribution in [0.4, 0.5) is 23.7 Å². The van der Waals surface area contributed by atoms with Crippen LogP contribution in [0.5, 0.6) is 0 Å². The van der Waals surface area contributed by atoms with Crippen LogP contribution < -0.4 is 10.6 Å². The van der Waals surface area contributed by atoms with Crippen LogP contribution in [0.2, 0.25) is 5.02 Å². The van der Waals surface area contributed by atoms with E-state index in [1.807, 2.05) is 0 Å². The Bertz CT molecular complexity index is 502. The van der Waals surface area contributed by atoms with Crippen molar-refractivity contribution in [3.63, 3.8) is 0 Å². The number of benzene rings is 1. The number of hydrogen-bond donors (Lipinski definition) is 2. The number of rotatable bonds is 2. The molecule has 0 radical (unpaired) electrons. The van der Waals surface area contributed by atoms with Crippen molar-refractivity contribution in [1.82, 2.24) is 5.32 Å². The molecule has 0 aliphatic carbocycles. The monoisotopic (exact) mass is 308 g/mol. The minimum Gasteiger partial charge on any atom is -0.379 e. The van der Waals surface area contributed by atoms with E-state index < -0.39 is 17.8 Å². The fraction of sp³-hybridized carbons (Fsp3) is 0.417. The second-order valence-corrected chi connectivity index (χ2v) is 4.78. The topological polar surface area (TPSA) is 50.4 Å². The first-order valence-electron chi connectivity index (χ1n) is 5.88. The number of carbonyl (C=O) groups excluding carboxylic acids is 1. The lowest BCUT2D eigenvalue weighted by atomic mass is 10.1. The number of alkyl halides is 3. The Kier molecular flexibility index (Phi) is 4.39. The van der Waals surface area contributed by atoms with Crippen LogP contribution in [-0.4, -0.2) is 25.3 Å². The molecule has 2 amide bonds. The molecule has 110 valence electrons. The van der Waals surface area contributed by atoms with Gasteiger partial charge in [0.15, 0.2) is 0 Å². The molecule has 1 aliphatic rings. The van der Waals surface area contributed by atoms with Gasteiger partial charge >= 0.3 is 12.2 Å². The Morgan fingerprint density at radius 3 is 2.75 bits per heavy atom. The molecule has 0 aromatic heterocycles. The van der Waals surface area contributed by atoms with Crippen LogP contribution in [0.25, 0.3) is 0 Å². The van der Waals surface area contributed by atoms with Gasteiger partial charge in [-0.15, -0.1) is 0 Å². The SMILES string of the molecule is O=C(Nc1ccc(Cl)cc1C(F)(F)F)NC1CCOC1. The maximum absolute atomic E-state index is 12.8. The second-order valence-electron chi connectivity index (χ2n) is 4.35. The molecule has 1 saturated heterocycles. The molecule has 20 heavy (non-hydrogen) atoms. The van der Waals surface area contributed by atoms with Gasteiger partial charge in [-0.25, -0.2) is 4.79 Å². The number of anilines is 1. The molecule has 0 saturated carbocycles. The Balaban J connectivity index is 2.10. The van der Waals surface area contributed by atoms with Gasteiger partial charge in [0.25, 0.3) is 0 Å². The molecule has 1 aromatic carbocycles. The molecule has 1 fully saturated rings. The van der Waals surface area contributed by atoms with Crippen molar-refractivity contribution < 1.29 is 22.7 Å². The Morgan fingerprint density at radius 2 is 2.15 bits per heavy atom. The van der Waals surface area contributed by atoms with Gasteiger partial charge in [0.2, 0.25) is 0 Å². The van der Waals surface area contributed by atoms with E-state index in [9.17, 15) is 18.0 Å². The first-order chi connectivity index (χ1) is 9.36. The molecule has 1 aromatic rings. The first kappa shape index (κ1) is 14.9. The summed E-state index contributed by atoms with van der Waals surface area (Å²) in [4.78, 5) is 11.7. The fourth-order valence-corrected chi connectivity index (χ4v) is 2.02. The van der Waals surface area contributed by atoms with Gasteiger partial charge in [-0.05, 0) is 24.6 Å². The lowest BCUT2D eigenvalue weighted by molar-refractivity contribution is -0.136. The second kappa shape index (κ2) is 5.88. The summed E-state index contributed by atoms with van der Waals surface area (Å²) in [7, 11) is 0. The molecule has 8 heteroatoms. The van der Waals surface area contributed by atoms with Gasteiger partial charge in [0.05, 0.1) is 23.9 Å². The molecule has 0 bridgehead atoms. The Labute approximate surface area is 118 Å². The fourth-order valence-electron chi connectivity index (χ4n) is 1.85. The third-order valence-corrected chi connectivity index (χ3v) is 3.04. The zero-order valence-corrected chi connectivity index (χ0v) is 11.0. The molecular formula is C12H12ClF3N2O2. The van der Waals surface area contributed by atoms with Crippen LogP contribution >= 0.6 is 11.6 Å². The van der Waals surface area contributed by atoms with Gasteiger partial charge in [0, 0.05) is 11.6 Å². The molecular weight excluding hydrogens is 297 g/mol. The van der Waals surface area contributed by atoms with E-state index in [1.165, 1.54) is 6.07 Å². The minimum atomic E-state index is -4.59. The Morgan fingerprint density at radius 1 is 1.40 bits per heavy atom. The summed E-state index contributed by atoms with van der Waals surface area (Å²) in [5.74, 6) is 0. The predicted octanol–water partition coefficient (Wildman–Crippen LogP) is 3.27. The molecule has 2 N–H and O–H groups in total. The maximum Gasteiger partial charge on any atom is 0.418 e. The highest BCUT2D eigenvalue weighted by atomic mass is 35.5. The molecule has 0 spiro atoms. The number of hydrogen-bond acceptors (Lipinski definition) is 2. The summed E-state index contributed by atoms with van der Waals surface area (Å²) in [5, 5.41) is 4.68. The largest absolute Gasteiger partial charge is 0.418 e. The standard InChI is InChI=1S/C12H12ClF3N2O2/c13-7-1-2-10(9(5-7)12(14,15)16)18-11(19)17-8-3-4-20-6-8/h1-2,5,8H,3-4,6H2,(H2,17,18,19). The molecule has 4 nitrogen and oxygen atoms in total. The number of amides is 2. The van der Waals surface area contributed by atoms with Crippen molar-refractivity contribution in [2.45, 2.75) is 18.6 Å². The summed E-state index contributed by atoms with van der Waals surface area (Å²) in [5.41, 5.74) is -1.32. The number of ether oxygens (including phenoxy) is 1. The highest BCUT2D eigenvalue weighted by molar-refractivity contribution is 6.30. The van der Waals surface area contributed by atoms with Gasteiger partial charge in [-0.2, -0.15) is 13.2 Å². The summed E-state index contributed by atoms with van der Waals surface area (Å²) in [6.45, 7) is 0.889. The molecule has 1 atom stereocenters. The Hall–Kier alpha value is -1.47. The average Bonchev–Trinajstić information content (AvgIpc) is 2.82. The van der Waals surface area contributed by atoms with Crippen molar-refractivity contribution in [1.29, 1.82) is 0 Å².